The van der Waals surface area contributed by atoms with Crippen LogP contribution < -0.4 is 11.5 Å². The lowest BCUT2D eigenvalue weighted by atomic mass is 9.78. The SMILES string of the molecule is NC(N)(Cc1ccccc1)C(c1ccccc1)c1ccccc1. The Morgan fingerprint density at radius 3 is 1.43 bits per heavy atom. The third kappa shape index (κ3) is 3.67. The normalized spacial score (nSPS) is 11.6. The van der Waals surface area contributed by atoms with Crippen LogP contribution in [0.4, 0.5) is 0 Å². The molecular weight excluding hydrogens is 280 g/mol. The smallest absolute Gasteiger partial charge is 0.0789 e. The molecule has 0 aliphatic carbocycles. The molecule has 3 rings (SSSR count). The fraction of sp³-hybridized carbons (Fsp3) is 0.143. The summed E-state index contributed by atoms with van der Waals surface area (Å²) in [5.74, 6) is -0.0647. The first kappa shape index (κ1) is 15.5. The van der Waals surface area contributed by atoms with Crippen LogP contribution in [0.25, 0.3) is 0 Å². The Kier molecular flexibility index (Phi) is 4.56. The average molecular weight is 302 g/mol. The van der Waals surface area contributed by atoms with E-state index in [0.29, 0.717) is 6.42 Å². The van der Waals surface area contributed by atoms with Crippen molar-refractivity contribution in [2.24, 2.45) is 11.5 Å². The molecule has 2 nitrogen and oxygen atoms in total. The second-order valence-corrected chi connectivity index (χ2v) is 6.03. The van der Waals surface area contributed by atoms with Crippen LogP contribution in [0.3, 0.4) is 0 Å². The maximum absolute atomic E-state index is 6.63. The lowest BCUT2D eigenvalue weighted by molar-refractivity contribution is 0.388. The highest BCUT2D eigenvalue weighted by Gasteiger charge is 2.33. The van der Waals surface area contributed by atoms with Gasteiger partial charge in [-0.3, -0.25) is 0 Å². The summed E-state index contributed by atoms with van der Waals surface area (Å²) < 4.78 is 0. The van der Waals surface area contributed by atoms with Crippen molar-refractivity contribution in [3.63, 3.8) is 0 Å². The van der Waals surface area contributed by atoms with Gasteiger partial charge in [-0.1, -0.05) is 91.0 Å². The zero-order chi connectivity index (χ0) is 16.1. The molecule has 0 saturated heterocycles. The number of hydrogen-bond acceptors (Lipinski definition) is 2. The van der Waals surface area contributed by atoms with Crippen molar-refractivity contribution in [2.75, 3.05) is 0 Å². The minimum atomic E-state index is -0.871. The number of rotatable bonds is 5. The summed E-state index contributed by atoms with van der Waals surface area (Å²) in [6.45, 7) is 0. The maximum atomic E-state index is 6.63. The van der Waals surface area contributed by atoms with Crippen LogP contribution in [0.1, 0.15) is 22.6 Å². The molecule has 0 fully saturated rings. The first-order valence-corrected chi connectivity index (χ1v) is 7.88. The Morgan fingerprint density at radius 2 is 1.00 bits per heavy atom. The molecule has 0 unspecified atom stereocenters. The van der Waals surface area contributed by atoms with E-state index in [4.69, 9.17) is 11.5 Å². The molecule has 0 radical (unpaired) electrons. The van der Waals surface area contributed by atoms with E-state index in [1.54, 1.807) is 0 Å². The topological polar surface area (TPSA) is 52.0 Å². The van der Waals surface area contributed by atoms with Gasteiger partial charge in [0, 0.05) is 12.3 Å². The molecule has 0 atom stereocenters. The Labute approximate surface area is 137 Å². The quantitative estimate of drug-likeness (QED) is 0.706. The van der Waals surface area contributed by atoms with Crippen molar-refractivity contribution in [1.82, 2.24) is 0 Å². The summed E-state index contributed by atoms with van der Waals surface area (Å²) in [5, 5.41) is 0. The maximum Gasteiger partial charge on any atom is 0.0789 e. The van der Waals surface area contributed by atoms with Gasteiger partial charge in [-0.15, -0.1) is 0 Å². The number of nitrogens with two attached hydrogens (primary N) is 2. The second kappa shape index (κ2) is 6.78. The molecule has 0 aliphatic heterocycles. The lowest BCUT2D eigenvalue weighted by Crippen LogP contribution is -2.56. The highest BCUT2D eigenvalue weighted by molar-refractivity contribution is 5.37. The van der Waals surface area contributed by atoms with E-state index in [1.165, 1.54) is 0 Å². The summed E-state index contributed by atoms with van der Waals surface area (Å²) >= 11 is 0. The molecule has 0 heterocycles. The molecule has 0 saturated carbocycles. The zero-order valence-corrected chi connectivity index (χ0v) is 13.1. The molecule has 4 N–H and O–H groups in total. The highest BCUT2D eigenvalue weighted by atomic mass is 15.0. The zero-order valence-electron chi connectivity index (χ0n) is 13.1. The Bertz CT molecular complexity index is 682. The highest BCUT2D eigenvalue weighted by Crippen LogP contribution is 2.32. The predicted molar refractivity (Wildman–Crippen MR) is 96.0 cm³/mol. The van der Waals surface area contributed by atoms with Crippen LogP contribution in [-0.2, 0) is 6.42 Å². The molecule has 3 aromatic rings. The monoisotopic (exact) mass is 302 g/mol. The van der Waals surface area contributed by atoms with Gasteiger partial charge in [0.15, 0.2) is 0 Å². The van der Waals surface area contributed by atoms with E-state index < -0.39 is 5.66 Å². The summed E-state index contributed by atoms with van der Waals surface area (Å²) in [7, 11) is 0. The Hall–Kier alpha value is -2.42. The van der Waals surface area contributed by atoms with Gasteiger partial charge in [-0.25, -0.2) is 0 Å². The largest absolute Gasteiger partial charge is 0.312 e. The molecule has 3 aromatic carbocycles. The van der Waals surface area contributed by atoms with Crippen LogP contribution >= 0.6 is 0 Å². The van der Waals surface area contributed by atoms with Crippen LogP contribution in [0, 0.1) is 0 Å². The summed E-state index contributed by atoms with van der Waals surface area (Å²) in [6.07, 6.45) is 0.613. The van der Waals surface area contributed by atoms with Gasteiger partial charge in [0.25, 0.3) is 0 Å². The third-order valence-corrected chi connectivity index (χ3v) is 4.16. The molecule has 116 valence electrons. The summed E-state index contributed by atoms with van der Waals surface area (Å²) in [5.41, 5.74) is 15.8. The van der Waals surface area contributed by atoms with Crippen LogP contribution in [-0.4, -0.2) is 5.66 Å². The lowest BCUT2D eigenvalue weighted by Gasteiger charge is -2.35. The van der Waals surface area contributed by atoms with E-state index in [2.05, 4.69) is 36.4 Å². The van der Waals surface area contributed by atoms with Crippen molar-refractivity contribution >= 4 is 0 Å². The van der Waals surface area contributed by atoms with Gasteiger partial charge < -0.3 is 11.5 Å². The summed E-state index contributed by atoms with van der Waals surface area (Å²) in [6, 6.07) is 30.7. The molecule has 0 bridgehead atoms. The molecular formula is C21H22N2. The van der Waals surface area contributed by atoms with E-state index in [-0.39, 0.29) is 5.92 Å². The standard InChI is InChI=1S/C21H22N2/c22-21(23,16-17-10-4-1-5-11-17)20(18-12-6-2-7-13-18)19-14-8-3-9-15-19/h1-15,20H,16,22-23H2. The van der Waals surface area contributed by atoms with Crippen molar-refractivity contribution in [3.05, 3.63) is 108 Å². The van der Waals surface area contributed by atoms with Gasteiger partial charge in [0.1, 0.15) is 0 Å². The van der Waals surface area contributed by atoms with E-state index >= 15 is 0 Å². The average Bonchev–Trinajstić information content (AvgIpc) is 2.57. The van der Waals surface area contributed by atoms with E-state index in [1.807, 2.05) is 54.6 Å². The molecule has 0 aromatic heterocycles. The Balaban J connectivity index is 2.01. The van der Waals surface area contributed by atoms with Gasteiger partial charge in [0.2, 0.25) is 0 Å². The second-order valence-electron chi connectivity index (χ2n) is 6.03. The van der Waals surface area contributed by atoms with Gasteiger partial charge >= 0.3 is 0 Å². The fourth-order valence-corrected chi connectivity index (χ4v) is 3.16. The van der Waals surface area contributed by atoms with E-state index in [9.17, 15) is 0 Å². The first-order valence-electron chi connectivity index (χ1n) is 7.88. The van der Waals surface area contributed by atoms with Crippen molar-refractivity contribution in [3.8, 4) is 0 Å². The van der Waals surface area contributed by atoms with Gasteiger partial charge in [0.05, 0.1) is 5.66 Å². The Morgan fingerprint density at radius 1 is 0.609 bits per heavy atom. The predicted octanol–water partition coefficient (Wildman–Crippen LogP) is 3.67. The van der Waals surface area contributed by atoms with Gasteiger partial charge in [-0.2, -0.15) is 0 Å². The van der Waals surface area contributed by atoms with Gasteiger partial charge in [-0.05, 0) is 16.7 Å². The van der Waals surface area contributed by atoms with Crippen LogP contribution in [0.5, 0.6) is 0 Å². The molecule has 0 amide bonds. The first-order chi connectivity index (χ1) is 11.2. The molecule has 23 heavy (non-hydrogen) atoms. The van der Waals surface area contributed by atoms with Crippen LogP contribution in [0.15, 0.2) is 91.0 Å². The molecule has 0 spiro atoms. The number of benzene rings is 3. The van der Waals surface area contributed by atoms with Crippen LogP contribution in [0.2, 0.25) is 0 Å². The minimum absolute atomic E-state index is 0.0647. The molecule has 2 heteroatoms. The minimum Gasteiger partial charge on any atom is -0.312 e. The molecule has 0 aliphatic rings. The summed E-state index contributed by atoms with van der Waals surface area (Å²) in [4.78, 5) is 0. The third-order valence-electron chi connectivity index (χ3n) is 4.16. The number of hydrogen-bond donors (Lipinski definition) is 2. The van der Waals surface area contributed by atoms with Crippen molar-refractivity contribution in [2.45, 2.75) is 18.0 Å². The fourth-order valence-electron chi connectivity index (χ4n) is 3.16. The van der Waals surface area contributed by atoms with Crippen molar-refractivity contribution < 1.29 is 0 Å². The van der Waals surface area contributed by atoms with E-state index in [0.717, 1.165) is 16.7 Å². The van der Waals surface area contributed by atoms with Crippen molar-refractivity contribution in [1.29, 1.82) is 0 Å².